The maximum atomic E-state index is 10.9. The summed E-state index contributed by atoms with van der Waals surface area (Å²) in [5, 5.41) is 10.9. The Bertz CT molecular complexity index is 739. The SMILES string of the molecule is C=C[C@@H]1CC[C@]2(CC)CC[C@]3(C)C(CCC4[C@@]5(C)CC[C@H](O)C(C)(C)C5CC[C@]43C)C12. The first-order valence-corrected chi connectivity index (χ1v) is 13.8. The number of hydrogen-bond acceptors (Lipinski definition) is 1. The number of allylic oxidation sites excluding steroid dienone is 1. The van der Waals surface area contributed by atoms with E-state index >= 15 is 0 Å². The summed E-state index contributed by atoms with van der Waals surface area (Å²) in [7, 11) is 0. The van der Waals surface area contributed by atoms with E-state index in [9.17, 15) is 5.11 Å². The predicted molar refractivity (Wildman–Crippen MR) is 131 cm³/mol. The topological polar surface area (TPSA) is 20.2 Å². The molecule has 1 heteroatoms. The van der Waals surface area contributed by atoms with Crippen LogP contribution in [0.3, 0.4) is 0 Å². The Balaban J connectivity index is 1.54. The molecule has 0 aromatic heterocycles. The second kappa shape index (κ2) is 6.86. The third-order valence-electron chi connectivity index (χ3n) is 13.6. The van der Waals surface area contributed by atoms with Crippen molar-refractivity contribution < 1.29 is 5.11 Å². The zero-order valence-electron chi connectivity index (χ0n) is 21.5. The third kappa shape index (κ3) is 2.60. The summed E-state index contributed by atoms with van der Waals surface area (Å²) >= 11 is 0. The Hall–Kier alpha value is -0.300. The summed E-state index contributed by atoms with van der Waals surface area (Å²) in [6.07, 6.45) is 17.2. The van der Waals surface area contributed by atoms with Gasteiger partial charge in [-0.15, -0.1) is 6.58 Å². The fraction of sp³-hybridized carbons (Fsp3) is 0.933. The van der Waals surface area contributed by atoms with Crippen LogP contribution in [-0.2, 0) is 0 Å². The Morgan fingerprint density at radius 2 is 1.55 bits per heavy atom. The highest BCUT2D eigenvalue weighted by Crippen LogP contribution is 2.77. The molecule has 5 rings (SSSR count). The molecule has 10 atom stereocenters. The molecule has 5 aliphatic rings. The van der Waals surface area contributed by atoms with Crippen molar-refractivity contribution in [3.8, 4) is 0 Å². The number of aliphatic hydroxyl groups excluding tert-OH is 1. The second-order valence-corrected chi connectivity index (χ2v) is 14.2. The van der Waals surface area contributed by atoms with Crippen LogP contribution in [0.15, 0.2) is 12.7 Å². The molecule has 5 fully saturated rings. The highest BCUT2D eigenvalue weighted by Gasteiger charge is 2.70. The Morgan fingerprint density at radius 1 is 0.806 bits per heavy atom. The van der Waals surface area contributed by atoms with Crippen LogP contribution in [0.25, 0.3) is 0 Å². The molecule has 5 saturated carbocycles. The Morgan fingerprint density at radius 3 is 2.23 bits per heavy atom. The number of fused-ring (bicyclic) bond motifs is 7. The van der Waals surface area contributed by atoms with Crippen LogP contribution in [0, 0.1) is 56.7 Å². The normalized spacial score (nSPS) is 57.9. The van der Waals surface area contributed by atoms with Crippen molar-refractivity contribution in [3.05, 3.63) is 12.7 Å². The van der Waals surface area contributed by atoms with Crippen molar-refractivity contribution in [2.24, 2.45) is 56.7 Å². The van der Waals surface area contributed by atoms with Gasteiger partial charge in [0.2, 0.25) is 0 Å². The molecule has 1 N–H and O–H groups in total. The summed E-state index contributed by atoms with van der Waals surface area (Å²) in [6, 6.07) is 0. The first-order chi connectivity index (χ1) is 14.5. The van der Waals surface area contributed by atoms with Gasteiger partial charge in [0.05, 0.1) is 6.10 Å². The lowest BCUT2D eigenvalue weighted by atomic mass is 9.32. The molecule has 0 aliphatic heterocycles. The molecular weight excluding hydrogens is 376 g/mol. The van der Waals surface area contributed by atoms with E-state index in [4.69, 9.17) is 0 Å². The molecule has 0 amide bonds. The molecule has 176 valence electrons. The van der Waals surface area contributed by atoms with Crippen LogP contribution in [0.4, 0.5) is 0 Å². The van der Waals surface area contributed by atoms with E-state index in [1.165, 1.54) is 64.2 Å². The average molecular weight is 427 g/mol. The Kier molecular flexibility index (Phi) is 4.98. The van der Waals surface area contributed by atoms with Crippen molar-refractivity contribution in [2.45, 2.75) is 118 Å². The standard InChI is InChI=1S/C30H50O/c1-8-20-12-17-30(9-2)19-18-28(6)21(25(20)30)10-11-23-27(5)15-14-24(31)26(3,4)22(27)13-16-29(23,28)7/h8,20-25,31H,1,9-19H2,2-7H3/t20-,21?,22?,23?,24+,25?,27+,28-,29-,30-/m1/s1. The van der Waals surface area contributed by atoms with Crippen LogP contribution in [-0.4, -0.2) is 11.2 Å². The molecule has 5 aliphatic carbocycles. The lowest BCUT2D eigenvalue weighted by Gasteiger charge is -2.73. The molecule has 0 spiro atoms. The van der Waals surface area contributed by atoms with Gasteiger partial charge in [-0.1, -0.05) is 54.0 Å². The van der Waals surface area contributed by atoms with E-state index in [0.717, 1.165) is 30.1 Å². The lowest BCUT2D eigenvalue weighted by molar-refractivity contribution is -0.247. The van der Waals surface area contributed by atoms with Gasteiger partial charge in [-0.2, -0.15) is 0 Å². The van der Waals surface area contributed by atoms with Crippen LogP contribution < -0.4 is 0 Å². The van der Waals surface area contributed by atoms with Gasteiger partial charge in [-0.05, 0) is 121 Å². The molecule has 0 aromatic carbocycles. The van der Waals surface area contributed by atoms with E-state index in [2.05, 4.69) is 54.2 Å². The van der Waals surface area contributed by atoms with E-state index in [0.29, 0.717) is 27.6 Å². The minimum atomic E-state index is -0.117. The Labute approximate surface area is 192 Å². The minimum Gasteiger partial charge on any atom is -0.393 e. The van der Waals surface area contributed by atoms with Crippen LogP contribution >= 0.6 is 0 Å². The highest BCUT2D eigenvalue weighted by molar-refractivity contribution is 5.20. The summed E-state index contributed by atoms with van der Waals surface area (Å²) in [5.74, 6) is 4.01. The monoisotopic (exact) mass is 426 g/mol. The molecule has 0 bridgehead atoms. The van der Waals surface area contributed by atoms with Crippen molar-refractivity contribution in [2.75, 3.05) is 0 Å². The first-order valence-electron chi connectivity index (χ1n) is 13.8. The zero-order valence-corrected chi connectivity index (χ0v) is 21.5. The maximum absolute atomic E-state index is 10.9. The fourth-order valence-electron chi connectivity index (χ4n) is 11.6. The van der Waals surface area contributed by atoms with Crippen molar-refractivity contribution in [1.82, 2.24) is 0 Å². The lowest BCUT2D eigenvalue weighted by Crippen LogP contribution is -2.66. The van der Waals surface area contributed by atoms with Crippen molar-refractivity contribution >= 4 is 0 Å². The summed E-state index contributed by atoms with van der Waals surface area (Å²) in [4.78, 5) is 0. The smallest absolute Gasteiger partial charge is 0.0594 e. The molecule has 0 radical (unpaired) electrons. The first kappa shape index (κ1) is 22.5. The molecule has 0 saturated heterocycles. The predicted octanol–water partition coefficient (Wildman–Crippen LogP) is 8.02. The van der Waals surface area contributed by atoms with Crippen LogP contribution in [0.5, 0.6) is 0 Å². The van der Waals surface area contributed by atoms with E-state index in [1.54, 1.807) is 0 Å². The highest BCUT2D eigenvalue weighted by atomic mass is 16.3. The van der Waals surface area contributed by atoms with Crippen molar-refractivity contribution in [1.29, 1.82) is 0 Å². The van der Waals surface area contributed by atoms with Gasteiger partial charge in [-0.3, -0.25) is 0 Å². The number of aliphatic hydroxyl groups is 1. The van der Waals surface area contributed by atoms with Gasteiger partial charge < -0.3 is 5.11 Å². The molecule has 4 unspecified atom stereocenters. The average Bonchev–Trinajstić information content (AvgIpc) is 3.11. The fourth-order valence-corrected chi connectivity index (χ4v) is 11.6. The van der Waals surface area contributed by atoms with Gasteiger partial charge in [0, 0.05) is 0 Å². The van der Waals surface area contributed by atoms with E-state index in [-0.39, 0.29) is 11.5 Å². The summed E-state index contributed by atoms with van der Waals surface area (Å²) < 4.78 is 0. The largest absolute Gasteiger partial charge is 0.393 e. The van der Waals surface area contributed by atoms with Gasteiger partial charge in [0.15, 0.2) is 0 Å². The van der Waals surface area contributed by atoms with Crippen molar-refractivity contribution in [3.63, 3.8) is 0 Å². The molecule has 1 nitrogen and oxygen atoms in total. The summed E-state index contributed by atoms with van der Waals surface area (Å²) in [6.45, 7) is 19.7. The third-order valence-corrected chi connectivity index (χ3v) is 13.6. The zero-order chi connectivity index (χ0) is 22.4. The summed E-state index contributed by atoms with van der Waals surface area (Å²) in [5.41, 5.74) is 1.99. The van der Waals surface area contributed by atoms with Gasteiger partial charge in [0.25, 0.3) is 0 Å². The molecule has 0 aromatic rings. The molecule has 0 heterocycles. The van der Waals surface area contributed by atoms with Crippen LogP contribution in [0.1, 0.15) is 112 Å². The number of rotatable bonds is 2. The van der Waals surface area contributed by atoms with E-state index < -0.39 is 0 Å². The van der Waals surface area contributed by atoms with Gasteiger partial charge in [0.1, 0.15) is 0 Å². The quantitative estimate of drug-likeness (QED) is 0.443. The number of hydrogen-bond donors (Lipinski definition) is 1. The minimum absolute atomic E-state index is 0.0649. The molecule has 31 heavy (non-hydrogen) atoms. The van der Waals surface area contributed by atoms with Gasteiger partial charge in [-0.25, -0.2) is 0 Å². The van der Waals surface area contributed by atoms with E-state index in [1.807, 2.05) is 0 Å². The molecular formula is C30H50O. The van der Waals surface area contributed by atoms with Crippen LogP contribution in [0.2, 0.25) is 0 Å². The second-order valence-electron chi connectivity index (χ2n) is 14.2. The maximum Gasteiger partial charge on any atom is 0.0594 e. The van der Waals surface area contributed by atoms with Gasteiger partial charge >= 0.3 is 0 Å².